The van der Waals surface area contributed by atoms with Crippen LogP contribution in [0.2, 0.25) is 0 Å². The molecule has 0 bridgehead atoms. The highest BCUT2D eigenvalue weighted by Crippen LogP contribution is 2.45. The number of carbonyl (C=O) groups is 2. The molecule has 1 aliphatic heterocycles. The van der Waals surface area contributed by atoms with E-state index in [1.165, 1.54) is 4.90 Å². The molecule has 1 saturated heterocycles. The lowest BCUT2D eigenvalue weighted by Gasteiger charge is -2.15. The zero-order valence-electron chi connectivity index (χ0n) is 6.99. The lowest BCUT2D eigenvalue weighted by molar-refractivity contribution is -0.141. The molecule has 4 nitrogen and oxygen atoms in total. The Kier molecular flexibility index (Phi) is 1.48. The smallest absolute Gasteiger partial charge is 0.234 e. The number of nitrogens with zero attached hydrogens (tertiary/aromatic N) is 1. The minimum absolute atomic E-state index is 0.0562. The van der Waals surface area contributed by atoms with Gasteiger partial charge in [0.25, 0.3) is 0 Å². The lowest BCUT2D eigenvalue weighted by atomic mass is 10.3. The summed E-state index contributed by atoms with van der Waals surface area (Å²) in [5, 5.41) is 0. The Hall–Kier alpha value is -0.900. The normalized spacial score (nSPS) is 38.8. The first kappa shape index (κ1) is 7.73. The fraction of sp³-hybridized carbons (Fsp3) is 0.750. The van der Waals surface area contributed by atoms with Crippen molar-refractivity contribution >= 4 is 11.8 Å². The van der Waals surface area contributed by atoms with Crippen LogP contribution in [0.4, 0.5) is 0 Å². The molecule has 1 aliphatic carbocycles. The molecule has 12 heavy (non-hydrogen) atoms. The van der Waals surface area contributed by atoms with Crippen molar-refractivity contribution < 1.29 is 9.59 Å². The van der Waals surface area contributed by atoms with Gasteiger partial charge in [-0.15, -0.1) is 0 Å². The number of nitrogens with two attached hydrogens (primary N) is 1. The molecule has 0 spiro atoms. The topological polar surface area (TPSA) is 63.4 Å². The van der Waals surface area contributed by atoms with Crippen LogP contribution in [0, 0.1) is 11.8 Å². The van der Waals surface area contributed by atoms with Crippen LogP contribution in [-0.4, -0.2) is 29.3 Å². The Morgan fingerprint density at radius 1 is 1.33 bits per heavy atom. The molecule has 2 fully saturated rings. The summed E-state index contributed by atoms with van der Waals surface area (Å²) in [4.78, 5) is 24.1. The van der Waals surface area contributed by atoms with Gasteiger partial charge in [0.05, 0.1) is 11.8 Å². The van der Waals surface area contributed by atoms with Crippen molar-refractivity contribution in [3.63, 3.8) is 0 Å². The second-order valence-electron chi connectivity index (χ2n) is 3.46. The third-order valence-electron chi connectivity index (χ3n) is 2.62. The summed E-state index contributed by atoms with van der Waals surface area (Å²) < 4.78 is 0. The van der Waals surface area contributed by atoms with Gasteiger partial charge in [-0.1, -0.05) is 6.92 Å². The summed E-state index contributed by atoms with van der Waals surface area (Å²) >= 11 is 0. The molecule has 0 aromatic heterocycles. The third kappa shape index (κ3) is 0.756. The average molecular weight is 168 g/mol. The van der Waals surface area contributed by atoms with Crippen molar-refractivity contribution in [3.05, 3.63) is 0 Å². The van der Waals surface area contributed by atoms with E-state index in [1.54, 1.807) is 0 Å². The largest absolute Gasteiger partial charge is 0.326 e. The minimum atomic E-state index is -0.182. The van der Waals surface area contributed by atoms with E-state index < -0.39 is 0 Å². The highest BCUT2D eigenvalue weighted by atomic mass is 16.2. The molecule has 2 N–H and O–H groups in total. The average Bonchev–Trinajstić information content (AvgIpc) is 2.63. The van der Waals surface area contributed by atoms with Crippen LogP contribution in [0.25, 0.3) is 0 Å². The van der Waals surface area contributed by atoms with E-state index in [1.807, 2.05) is 6.92 Å². The lowest BCUT2D eigenvalue weighted by Crippen LogP contribution is -2.37. The maximum Gasteiger partial charge on any atom is 0.234 e. The molecule has 2 unspecified atom stereocenters. The zero-order chi connectivity index (χ0) is 8.88. The Labute approximate surface area is 70.7 Å². The summed E-state index contributed by atoms with van der Waals surface area (Å²) in [6.07, 6.45) is 0.826. The second kappa shape index (κ2) is 2.29. The van der Waals surface area contributed by atoms with Gasteiger partial charge in [-0.05, 0) is 6.42 Å². The van der Waals surface area contributed by atoms with E-state index in [0.29, 0.717) is 6.54 Å². The van der Waals surface area contributed by atoms with Crippen LogP contribution in [0.5, 0.6) is 0 Å². The number of piperidine rings is 1. The SMILES string of the molecule is CCCN1C(=O)C2C(N)C2C1=O. The predicted octanol–water partition coefficient (Wildman–Crippen LogP) is -0.662. The molecule has 2 amide bonds. The molecule has 66 valence electrons. The molecule has 0 aromatic carbocycles. The van der Waals surface area contributed by atoms with Crippen LogP contribution in [0.1, 0.15) is 13.3 Å². The van der Waals surface area contributed by atoms with Crippen LogP contribution >= 0.6 is 0 Å². The Bertz CT molecular complexity index is 229. The molecule has 2 aliphatic rings. The fourth-order valence-corrected chi connectivity index (χ4v) is 1.88. The van der Waals surface area contributed by atoms with Gasteiger partial charge >= 0.3 is 0 Å². The molecular formula is C8H12N2O2. The quantitative estimate of drug-likeness (QED) is 0.557. The standard InChI is InChI=1S/C8H12N2O2/c1-2-3-10-7(11)4-5(6(4)9)8(10)12/h4-6H,2-3,9H2,1H3. The Morgan fingerprint density at radius 3 is 2.25 bits per heavy atom. The molecule has 1 saturated carbocycles. The van der Waals surface area contributed by atoms with Gasteiger partial charge in [0, 0.05) is 12.6 Å². The van der Waals surface area contributed by atoms with E-state index in [-0.39, 0.29) is 29.7 Å². The van der Waals surface area contributed by atoms with Crippen molar-refractivity contribution in [2.75, 3.05) is 6.54 Å². The summed E-state index contributed by atoms with van der Waals surface area (Å²) in [6, 6.07) is -0.182. The number of rotatable bonds is 2. The van der Waals surface area contributed by atoms with Crippen LogP contribution in [0.3, 0.4) is 0 Å². The van der Waals surface area contributed by atoms with Gasteiger partial charge in [0.2, 0.25) is 11.8 Å². The number of imide groups is 1. The fourth-order valence-electron chi connectivity index (χ4n) is 1.88. The molecule has 0 aromatic rings. The molecule has 4 heteroatoms. The highest BCUT2D eigenvalue weighted by molar-refractivity contribution is 6.10. The van der Waals surface area contributed by atoms with Crippen molar-refractivity contribution in [1.29, 1.82) is 0 Å². The van der Waals surface area contributed by atoms with Crippen molar-refractivity contribution in [2.45, 2.75) is 19.4 Å². The van der Waals surface area contributed by atoms with Crippen LogP contribution in [-0.2, 0) is 9.59 Å². The monoisotopic (exact) mass is 168 g/mol. The summed E-state index contributed by atoms with van der Waals surface area (Å²) in [5.41, 5.74) is 5.54. The first-order chi connectivity index (χ1) is 5.68. The second-order valence-corrected chi connectivity index (χ2v) is 3.46. The zero-order valence-corrected chi connectivity index (χ0v) is 6.99. The molecule has 1 heterocycles. The van der Waals surface area contributed by atoms with Gasteiger partial charge in [0.1, 0.15) is 0 Å². The van der Waals surface area contributed by atoms with Gasteiger partial charge in [-0.3, -0.25) is 14.5 Å². The number of amides is 2. The Morgan fingerprint density at radius 2 is 1.83 bits per heavy atom. The number of hydrogen-bond donors (Lipinski definition) is 1. The first-order valence-corrected chi connectivity index (χ1v) is 4.29. The molecule has 2 atom stereocenters. The van der Waals surface area contributed by atoms with E-state index >= 15 is 0 Å². The molecule has 2 rings (SSSR count). The van der Waals surface area contributed by atoms with E-state index in [2.05, 4.69) is 0 Å². The van der Waals surface area contributed by atoms with E-state index in [0.717, 1.165) is 6.42 Å². The van der Waals surface area contributed by atoms with Crippen molar-refractivity contribution in [1.82, 2.24) is 4.90 Å². The van der Waals surface area contributed by atoms with Crippen LogP contribution < -0.4 is 5.73 Å². The predicted molar refractivity (Wildman–Crippen MR) is 42.0 cm³/mol. The first-order valence-electron chi connectivity index (χ1n) is 4.29. The van der Waals surface area contributed by atoms with Crippen molar-refractivity contribution in [3.8, 4) is 0 Å². The molecular weight excluding hydrogens is 156 g/mol. The van der Waals surface area contributed by atoms with Gasteiger partial charge in [0.15, 0.2) is 0 Å². The Balaban J connectivity index is 2.12. The third-order valence-corrected chi connectivity index (χ3v) is 2.62. The molecule has 0 radical (unpaired) electrons. The minimum Gasteiger partial charge on any atom is -0.326 e. The maximum atomic E-state index is 11.4. The van der Waals surface area contributed by atoms with Gasteiger partial charge in [-0.25, -0.2) is 0 Å². The summed E-state index contributed by atoms with van der Waals surface area (Å²) in [7, 11) is 0. The number of fused-ring (bicyclic) bond motifs is 1. The summed E-state index contributed by atoms with van der Waals surface area (Å²) in [6.45, 7) is 2.50. The van der Waals surface area contributed by atoms with Crippen molar-refractivity contribution in [2.24, 2.45) is 17.6 Å². The van der Waals surface area contributed by atoms with E-state index in [9.17, 15) is 9.59 Å². The van der Waals surface area contributed by atoms with Gasteiger partial charge in [-0.2, -0.15) is 0 Å². The number of hydrogen-bond acceptors (Lipinski definition) is 3. The van der Waals surface area contributed by atoms with Crippen LogP contribution in [0.15, 0.2) is 0 Å². The highest BCUT2D eigenvalue weighted by Gasteiger charge is 2.65. The maximum absolute atomic E-state index is 11.4. The van der Waals surface area contributed by atoms with E-state index in [4.69, 9.17) is 5.73 Å². The summed E-state index contributed by atoms with van der Waals surface area (Å²) in [5.74, 6) is -0.466. The number of carbonyl (C=O) groups excluding carboxylic acids is 2. The van der Waals surface area contributed by atoms with Gasteiger partial charge < -0.3 is 5.73 Å². The number of likely N-dealkylation sites (tertiary alicyclic amines) is 1.